The average molecular weight is 258 g/mol. The standard InChI is InChI=1S/C15H34N2O/c1-5-9-10-11-12-14(18)13-16-15(6-2)17(7-3)8-4/h14-16,18H,5-13H2,1-4H3. The van der Waals surface area contributed by atoms with Crippen molar-refractivity contribution in [3.05, 3.63) is 0 Å². The molecule has 0 bridgehead atoms. The van der Waals surface area contributed by atoms with Gasteiger partial charge in [0, 0.05) is 6.54 Å². The highest BCUT2D eigenvalue weighted by Crippen LogP contribution is 2.06. The maximum absolute atomic E-state index is 9.94. The van der Waals surface area contributed by atoms with E-state index in [1.54, 1.807) is 0 Å². The first-order chi connectivity index (χ1) is 8.69. The van der Waals surface area contributed by atoms with Crippen LogP contribution in [0.4, 0.5) is 0 Å². The van der Waals surface area contributed by atoms with Crippen molar-refractivity contribution < 1.29 is 5.11 Å². The van der Waals surface area contributed by atoms with Crippen LogP contribution in [0.3, 0.4) is 0 Å². The van der Waals surface area contributed by atoms with Crippen molar-refractivity contribution in [2.24, 2.45) is 0 Å². The number of unbranched alkanes of at least 4 members (excludes halogenated alkanes) is 3. The molecule has 0 aliphatic rings. The Hall–Kier alpha value is -0.120. The van der Waals surface area contributed by atoms with Gasteiger partial charge in [0.15, 0.2) is 0 Å². The van der Waals surface area contributed by atoms with Crippen LogP contribution in [-0.2, 0) is 0 Å². The van der Waals surface area contributed by atoms with Crippen molar-refractivity contribution in [3.8, 4) is 0 Å². The number of nitrogens with zero attached hydrogens (tertiary/aromatic N) is 1. The lowest BCUT2D eigenvalue weighted by Gasteiger charge is -2.30. The van der Waals surface area contributed by atoms with E-state index in [2.05, 4.69) is 37.9 Å². The third-order valence-corrected chi connectivity index (χ3v) is 3.62. The normalized spacial score (nSPS) is 15.0. The second kappa shape index (κ2) is 11.9. The summed E-state index contributed by atoms with van der Waals surface area (Å²) in [6.45, 7) is 11.6. The topological polar surface area (TPSA) is 35.5 Å². The summed E-state index contributed by atoms with van der Waals surface area (Å²) in [5.74, 6) is 0. The van der Waals surface area contributed by atoms with Gasteiger partial charge in [-0.2, -0.15) is 0 Å². The molecule has 0 radical (unpaired) electrons. The first kappa shape index (κ1) is 17.9. The van der Waals surface area contributed by atoms with Crippen molar-refractivity contribution >= 4 is 0 Å². The summed E-state index contributed by atoms with van der Waals surface area (Å²) in [6, 6.07) is 0. The summed E-state index contributed by atoms with van der Waals surface area (Å²) >= 11 is 0. The summed E-state index contributed by atoms with van der Waals surface area (Å²) in [7, 11) is 0. The summed E-state index contributed by atoms with van der Waals surface area (Å²) < 4.78 is 0. The lowest BCUT2D eigenvalue weighted by Crippen LogP contribution is -2.47. The Morgan fingerprint density at radius 3 is 2.17 bits per heavy atom. The molecule has 0 aliphatic carbocycles. The van der Waals surface area contributed by atoms with E-state index in [4.69, 9.17) is 0 Å². The van der Waals surface area contributed by atoms with Crippen LogP contribution in [0, 0.1) is 0 Å². The number of aliphatic hydroxyl groups is 1. The van der Waals surface area contributed by atoms with E-state index in [1.807, 2.05) is 0 Å². The Morgan fingerprint density at radius 1 is 1.00 bits per heavy atom. The van der Waals surface area contributed by atoms with Crippen LogP contribution >= 0.6 is 0 Å². The van der Waals surface area contributed by atoms with E-state index >= 15 is 0 Å². The van der Waals surface area contributed by atoms with Crippen LogP contribution in [0.1, 0.15) is 66.2 Å². The Kier molecular flexibility index (Phi) is 11.9. The molecule has 0 aromatic rings. The van der Waals surface area contributed by atoms with Crippen LogP contribution in [0.2, 0.25) is 0 Å². The molecule has 0 aliphatic heterocycles. The van der Waals surface area contributed by atoms with Gasteiger partial charge in [0.2, 0.25) is 0 Å². The fourth-order valence-corrected chi connectivity index (χ4v) is 2.38. The fraction of sp³-hybridized carbons (Fsp3) is 1.00. The number of aliphatic hydroxyl groups excluding tert-OH is 1. The van der Waals surface area contributed by atoms with E-state index in [-0.39, 0.29) is 6.10 Å². The molecular weight excluding hydrogens is 224 g/mol. The van der Waals surface area contributed by atoms with E-state index in [9.17, 15) is 5.11 Å². The first-order valence-corrected chi connectivity index (χ1v) is 7.84. The highest BCUT2D eigenvalue weighted by molar-refractivity contribution is 4.69. The van der Waals surface area contributed by atoms with Crippen molar-refractivity contribution in [2.45, 2.75) is 78.5 Å². The van der Waals surface area contributed by atoms with E-state index < -0.39 is 0 Å². The summed E-state index contributed by atoms with van der Waals surface area (Å²) in [6.07, 6.45) is 7.19. The summed E-state index contributed by atoms with van der Waals surface area (Å²) in [5.41, 5.74) is 0. The third-order valence-electron chi connectivity index (χ3n) is 3.62. The number of hydrogen-bond donors (Lipinski definition) is 2. The van der Waals surface area contributed by atoms with E-state index in [0.717, 1.165) is 38.9 Å². The monoisotopic (exact) mass is 258 g/mol. The molecule has 0 rings (SSSR count). The quantitative estimate of drug-likeness (QED) is 0.417. The molecule has 110 valence electrons. The molecule has 0 saturated carbocycles. The van der Waals surface area contributed by atoms with Crippen LogP contribution in [-0.4, -0.2) is 41.9 Å². The average Bonchev–Trinajstić information content (AvgIpc) is 2.39. The van der Waals surface area contributed by atoms with Gasteiger partial charge in [-0.3, -0.25) is 10.2 Å². The number of rotatable bonds is 12. The highest BCUT2D eigenvalue weighted by atomic mass is 16.3. The molecule has 18 heavy (non-hydrogen) atoms. The third kappa shape index (κ3) is 8.06. The van der Waals surface area contributed by atoms with E-state index in [0.29, 0.717) is 6.17 Å². The predicted octanol–water partition coefficient (Wildman–Crippen LogP) is 2.99. The van der Waals surface area contributed by atoms with Gasteiger partial charge in [0.25, 0.3) is 0 Å². The molecule has 3 nitrogen and oxygen atoms in total. The molecule has 2 unspecified atom stereocenters. The van der Waals surface area contributed by atoms with Gasteiger partial charge in [-0.1, -0.05) is 53.4 Å². The molecule has 0 aromatic carbocycles. The molecule has 0 spiro atoms. The largest absolute Gasteiger partial charge is 0.392 e. The molecule has 2 N–H and O–H groups in total. The molecular formula is C15H34N2O. The minimum Gasteiger partial charge on any atom is -0.392 e. The lowest BCUT2D eigenvalue weighted by molar-refractivity contribution is 0.120. The molecule has 0 fully saturated rings. The molecule has 2 atom stereocenters. The summed E-state index contributed by atoms with van der Waals surface area (Å²) in [5, 5.41) is 13.4. The van der Waals surface area contributed by atoms with Crippen LogP contribution in [0.25, 0.3) is 0 Å². The minimum absolute atomic E-state index is 0.188. The maximum atomic E-state index is 9.94. The van der Waals surface area contributed by atoms with Gasteiger partial charge in [-0.05, 0) is 25.9 Å². The summed E-state index contributed by atoms with van der Waals surface area (Å²) in [4.78, 5) is 2.41. The van der Waals surface area contributed by atoms with Crippen LogP contribution in [0.15, 0.2) is 0 Å². The van der Waals surface area contributed by atoms with Crippen molar-refractivity contribution in [1.29, 1.82) is 0 Å². The Bertz CT molecular complexity index is 172. The minimum atomic E-state index is -0.188. The van der Waals surface area contributed by atoms with Crippen molar-refractivity contribution in [1.82, 2.24) is 10.2 Å². The van der Waals surface area contributed by atoms with Gasteiger partial charge < -0.3 is 5.11 Å². The fourth-order valence-electron chi connectivity index (χ4n) is 2.38. The Morgan fingerprint density at radius 2 is 1.67 bits per heavy atom. The van der Waals surface area contributed by atoms with Gasteiger partial charge >= 0.3 is 0 Å². The maximum Gasteiger partial charge on any atom is 0.0665 e. The number of hydrogen-bond acceptors (Lipinski definition) is 3. The SMILES string of the molecule is CCCCCCC(O)CNC(CC)N(CC)CC. The van der Waals surface area contributed by atoms with Gasteiger partial charge in [0.1, 0.15) is 0 Å². The zero-order valence-corrected chi connectivity index (χ0v) is 12.9. The number of nitrogens with one attached hydrogen (secondary N) is 1. The van der Waals surface area contributed by atoms with Gasteiger partial charge in [0.05, 0.1) is 12.3 Å². The molecule has 3 heteroatoms. The molecule has 0 amide bonds. The van der Waals surface area contributed by atoms with Gasteiger partial charge in [-0.15, -0.1) is 0 Å². The Balaban J connectivity index is 3.76. The zero-order valence-electron chi connectivity index (χ0n) is 12.9. The van der Waals surface area contributed by atoms with Gasteiger partial charge in [-0.25, -0.2) is 0 Å². The van der Waals surface area contributed by atoms with E-state index in [1.165, 1.54) is 19.3 Å². The first-order valence-electron chi connectivity index (χ1n) is 7.84. The molecule has 0 saturated heterocycles. The smallest absolute Gasteiger partial charge is 0.0665 e. The predicted molar refractivity (Wildman–Crippen MR) is 79.8 cm³/mol. The zero-order chi connectivity index (χ0) is 13.8. The second-order valence-electron chi connectivity index (χ2n) is 5.06. The lowest BCUT2D eigenvalue weighted by atomic mass is 10.1. The van der Waals surface area contributed by atoms with Crippen LogP contribution in [0.5, 0.6) is 0 Å². The highest BCUT2D eigenvalue weighted by Gasteiger charge is 2.14. The van der Waals surface area contributed by atoms with Crippen molar-refractivity contribution in [3.63, 3.8) is 0 Å². The van der Waals surface area contributed by atoms with Crippen LogP contribution < -0.4 is 5.32 Å². The molecule has 0 aromatic heterocycles. The second-order valence-corrected chi connectivity index (χ2v) is 5.06. The van der Waals surface area contributed by atoms with Crippen molar-refractivity contribution in [2.75, 3.05) is 19.6 Å². The Labute approximate surface area is 114 Å². The molecule has 0 heterocycles.